The third-order valence-electron chi connectivity index (χ3n) is 1.98. The van der Waals surface area contributed by atoms with E-state index in [4.69, 9.17) is 28.3 Å². The predicted octanol–water partition coefficient (Wildman–Crippen LogP) is 2.98. The van der Waals surface area contributed by atoms with Crippen LogP contribution in [0.1, 0.15) is 13.3 Å². The van der Waals surface area contributed by atoms with Crippen molar-refractivity contribution in [3.05, 3.63) is 28.2 Å². The first-order valence-electron chi connectivity index (χ1n) is 5.12. The van der Waals surface area contributed by atoms with E-state index in [1.165, 1.54) is 12.1 Å². The van der Waals surface area contributed by atoms with Gasteiger partial charge in [-0.2, -0.15) is 0 Å². The molecule has 98 valence electrons. The molecule has 1 unspecified atom stereocenters. The van der Waals surface area contributed by atoms with E-state index in [1.54, 1.807) is 13.0 Å². The highest BCUT2D eigenvalue weighted by Crippen LogP contribution is 2.22. The Balaban J connectivity index is 2.56. The van der Waals surface area contributed by atoms with Crippen molar-refractivity contribution >= 4 is 40.9 Å². The van der Waals surface area contributed by atoms with E-state index >= 15 is 0 Å². The Bertz CT molecular complexity index is 445. The minimum atomic E-state index is -0.978. The number of halogens is 2. The molecule has 0 fully saturated rings. The fourth-order valence-electron chi connectivity index (χ4n) is 1.33. The lowest BCUT2D eigenvalue weighted by Gasteiger charge is -2.12. The van der Waals surface area contributed by atoms with Gasteiger partial charge >= 0.3 is 12.0 Å². The lowest BCUT2D eigenvalue weighted by atomic mass is 10.2. The highest BCUT2D eigenvalue weighted by atomic mass is 35.5. The summed E-state index contributed by atoms with van der Waals surface area (Å²) < 4.78 is 0. The number of anilines is 1. The Labute approximate surface area is 114 Å². The van der Waals surface area contributed by atoms with E-state index in [-0.39, 0.29) is 6.42 Å². The average Bonchev–Trinajstić information content (AvgIpc) is 2.12. The molecule has 0 aliphatic rings. The zero-order valence-corrected chi connectivity index (χ0v) is 11.0. The first kappa shape index (κ1) is 14.6. The Hall–Kier alpha value is -1.46. The molecule has 0 aliphatic heterocycles. The van der Waals surface area contributed by atoms with E-state index in [1.807, 2.05) is 0 Å². The number of carbonyl (C=O) groups is 2. The predicted molar refractivity (Wildman–Crippen MR) is 70.3 cm³/mol. The van der Waals surface area contributed by atoms with Gasteiger partial charge in [0.2, 0.25) is 0 Å². The van der Waals surface area contributed by atoms with Crippen LogP contribution in [0.5, 0.6) is 0 Å². The Kier molecular flexibility index (Phi) is 5.25. The minimum absolute atomic E-state index is 0.149. The molecular formula is C11H12Cl2N2O3. The van der Waals surface area contributed by atoms with Crippen LogP contribution in [0.25, 0.3) is 0 Å². The molecule has 1 atom stereocenters. The summed E-state index contributed by atoms with van der Waals surface area (Å²) >= 11 is 11.5. The molecule has 5 nitrogen and oxygen atoms in total. The Morgan fingerprint density at radius 3 is 2.33 bits per heavy atom. The van der Waals surface area contributed by atoms with Crippen LogP contribution in [0.15, 0.2) is 18.2 Å². The molecule has 1 rings (SSSR count). The molecule has 18 heavy (non-hydrogen) atoms. The van der Waals surface area contributed by atoms with Gasteiger partial charge in [0.05, 0.1) is 6.42 Å². The summed E-state index contributed by atoms with van der Waals surface area (Å²) in [6.07, 6.45) is -0.149. The highest BCUT2D eigenvalue weighted by Gasteiger charge is 2.11. The van der Waals surface area contributed by atoms with E-state index in [9.17, 15) is 9.59 Å². The van der Waals surface area contributed by atoms with Gasteiger partial charge in [-0.1, -0.05) is 23.2 Å². The van der Waals surface area contributed by atoms with Gasteiger partial charge in [0.15, 0.2) is 0 Å². The number of hydrogen-bond acceptors (Lipinski definition) is 2. The maximum Gasteiger partial charge on any atom is 0.319 e. The third-order valence-corrected chi connectivity index (χ3v) is 2.42. The number of rotatable bonds is 4. The van der Waals surface area contributed by atoms with Crippen LogP contribution in [0.2, 0.25) is 10.0 Å². The second-order valence-electron chi connectivity index (χ2n) is 3.76. The van der Waals surface area contributed by atoms with Crippen LogP contribution in [-0.4, -0.2) is 23.1 Å². The quantitative estimate of drug-likeness (QED) is 0.798. The zero-order valence-electron chi connectivity index (χ0n) is 9.54. The molecular weight excluding hydrogens is 279 g/mol. The van der Waals surface area contributed by atoms with E-state index in [0.717, 1.165) is 0 Å². The van der Waals surface area contributed by atoms with Gasteiger partial charge in [-0.25, -0.2) is 4.79 Å². The van der Waals surface area contributed by atoms with E-state index < -0.39 is 18.0 Å². The van der Waals surface area contributed by atoms with Crippen molar-refractivity contribution in [1.29, 1.82) is 0 Å². The standard InChI is InChI=1S/C11H12Cl2N2O3/c1-6(2-10(16)17)14-11(18)15-9-4-7(12)3-8(13)5-9/h3-6H,2H2,1H3,(H,16,17)(H2,14,15,18). The summed E-state index contributed by atoms with van der Waals surface area (Å²) in [5, 5.41) is 14.3. The Morgan fingerprint density at radius 1 is 1.28 bits per heavy atom. The van der Waals surface area contributed by atoms with Crippen molar-refractivity contribution < 1.29 is 14.7 Å². The number of aliphatic carboxylic acids is 1. The maximum atomic E-state index is 11.5. The van der Waals surface area contributed by atoms with Crippen LogP contribution in [0.4, 0.5) is 10.5 Å². The molecule has 0 bridgehead atoms. The van der Waals surface area contributed by atoms with E-state index in [2.05, 4.69) is 10.6 Å². The topological polar surface area (TPSA) is 78.4 Å². The van der Waals surface area contributed by atoms with Gasteiger partial charge in [0.1, 0.15) is 0 Å². The SMILES string of the molecule is CC(CC(=O)O)NC(=O)Nc1cc(Cl)cc(Cl)c1. The van der Waals surface area contributed by atoms with Gasteiger partial charge in [0.25, 0.3) is 0 Å². The summed E-state index contributed by atoms with van der Waals surface area (Å²) in [6.45, 7) is 1.60. The largest absolute Gasteiger partial charge is 0.481 e. The van der Waals surface area contributed by atoms with Crippen molar-refractivity contribution in [2.75, 3.05) is 5.32 Å². The summed E-state index contributed by atoms with van der Waals surface area (Å²) in [5.74, 6) is -0.978. The molecule has 0 saturated heterocycles. The number of carboxylic acids is 1. The maximum absolute atomic E-state index is 11.5. The van der Waals surface area contributed by atoms with Crippen molar-refractivity contribution in [1.82, 2.24) is 5.32 Å². The third kappa shape index (κ3) is 5.25. The first-order valence-corrected chi connectivity index (χ1v) is 5.88. The van der Waals surface area contributed by atoms with Crippen molar-refractivity contribution in [2.24, 2.45) is 0 Å². The summed E-state index contributed by atoms with van der Waals surface area (Å²) in [7, 11) is 0. The van der Waals surface area contributed by atoms with E-state index in [0.29, 0.717) is 15.7 Å². The fourth-order valence-corrected chi connectivity index (χ4v) is 1.86. The van der Waals surface area contributed by atoms with Gasteiger partial charge < -0.3 is 15.7 Å². The molecule has 2 amide bonds. The molecule has 3 N–H and O–H groups in total. The first-order chi connectivity index (χ1) is 8.36. The zero-order chi connectivity index (χ0) is 13.7. The molecule has 7 heteroatoms. The molecule has 0 saturated carbocycles. The fraction of sp³-hybridized carbons (Fsp3) is 0.273. The number of benzene rings is 1. The molecule has 0 aromatic heterocycles. The van der Waals surface area contributed by atoms with Crippen LogP contribution < -0.4 is 10.6 Å². The van der Waals surface area contributed by atoms with Crippen molar-refractivity contribution in [2.45, 2.75) is 19.4 Å². The lowest BCUT2D eigenvalue weighted by Crippen LogP contribution is -2.37. The smallest absolute Gasteiger partial charge is 0.319 e. The lowest BCUT2D eigenvalue weighted by molar-refractivity contribution is -0.137. The van der Waals surface area contributed by atoms with Crippen LogP contribution >= 0.6 is 23.2 Å². The molecule has 1 aromatic rings. The minimum Gasteiger partial charge on any atom is -0.481 e. The van der Waals surface area contributed by atoms with Crippen LogP contribution in [0.3, 0.4) is 0 Å². The highest BCUT2D eigenvalue weighted by molar-refractivity contribution is 6.35. The number of urea groups is 1. The number of carboxylic acid groups (broad SMARTS) is 1. The van der Waals surface area contributed by atoms with Gasteiger partial charge in [-0.3, -0.25) is 4.79 Å². The Morgan fingerprint density at radius 2 is 1.83 bits per heavy atom. The van der Waals surface area contributed by atoms with Crippen LogP contribution in [-0.2, 0) is 4.79 Å². The van der Waals surface area contributed by atoms with Crippen molar-refractivity contribution in [3.8, 4) is 0 Å². The molecule has 1 aromatic carbocycles. The summed E-state index contributed by atoms with van der Waals surface area (Å²) in [5.41, 5.74) is 0.438. The molecule has 0 spiro atoms. The summed E-state index contributed by atoms with van der Waals surface area (Å²) in [6, 6.07) is 3.63. The van der Waals surface area contributed by atoms with Gasteiger partial charge in [-0.05, 0) is 25.1 Å². The second-order valence-corrected chi connectivity index (χ2v) is 4.63. The van der Waals surface area contributed by atoms with Crippen molar-refractivity contribution in [3.63, 3.8) is 0 Å². The average molecular weight is 291 g/mol. The molecule has 0 aliphatic carbocycles. The second kappa shape index (κ2) is 6.47. The number of hydrogen-bond donors (Lipinski definition) is 3. The normalized spacial score (nSPS) is 11.7. The molecule has 0 radical (unpaired) electrons. The number of amides is 2. The van der Waals surface area contributed by atoms with Gasteiger partial charge in [0, 0.05) is 21.8 Å². The summed E-state index contributed by atoms with van der Waals surface area (Å²) in [4.78, 5) is 22.0. The van der Waals surface area contributed by atoms with Gasteiger partial charge in [-0.15, -0.1) is 0 Å². The number of carbonyl (C=O) groups excluding carboxylic acids is 1. The number of nitrogens with one attached hydrogen (secondary N) is 2. The van der Waals surface area contributed by atoms with Crippen LogP contribution in [0, 0.1) is 0 Å². The monoisotopic (exact) mass is 290 g/mol. The molecule has 0 heterocycles.